The molecule has 0 saturated heterocycles. The lowest BCUT2D eigenvalue weighted by atomic mass is 10.1. The van der Waals surface area contributed by atoms with Crippen molar-refractivity contribution in [1.29, 1.82) is 0 Å². The predicted octanol–water partition coefficient (Wildman–Crippen LogP) is 4.51. The van der Waals surface area contributed by atoms with E-state index in [2.05, 4.69) is 27.3 Å². The van der Waals surface area contributed by atoms with E-state index in [-0.39, 0.29) is 12.3 Å². The van der Waals surface area contributed by atoms with E-state index in [1.807, 2.05) is 70.2 Å². The molecule has 2 heterocycles. The second kappa shape index (κ2) is 7.71. The molecular weight excluding hydrogens is 374 g/mol. The maximum Gasteiger partial charge on any atom is 0.253 e. The van der Waals surface area contributed by atoms with Gasteiger partial charge in [-0.2, -0.15) is 4.98 Å². The molecule has 6 nitrogen and oxygen atoms in total. The molecular formula is C24H25N5O. The summed E-state index contributed by atoms with van der Waals surface area (Å²) in [6, 6.07) is 13.9. The van der Waals surface area contributed by atoms with Crippen LogP contribution in [-0.2, 0) is 11.2 Å². The van der Waals surface area contributed by atoms with Crippen LogP contribution in [0.4, 0.5) is 5.69 Å². The molecule has 152 valence electrons. The molecule has 0 aliphatic rings. The maximum absolute atomic E-state index is 12.7. The summed E-state index contributed by atoms with van der Waals surface area (Å²) in [5.41, 5.74) is 7.77. The zero-order valence-electron chi connectivity index (χ0n) is 17.9. The molecule has 0 saturated carbocycles. The summed E-state index contributed by atoms with van der Waals surface area (Å²) < 4.78 is 1.73. The van der Waals surface area contributed by atoms with Gasteiger partial charge in [-0.05, 0) is 63.4 Å². The first-order valence-electron chi connectivity index (χ1n) is 9.99. The smallest absolute Gasteiger partial charge is 0.253 e. The van der Waals surface area contributed by atoms with E-state index in [0.717, 1.165) is 39.3 Å². The molecule has 0 spiro atoms. The van der Waals surface area contributed by atoms with Gasteiger partial charge in [-0.15, -0.1) is 5.10 Å². The molecule has 0 radical (unpaired) electrons. The molecule has 0 fully saturated rings. The van der Waals surface area contributed by atoms with Crippen molar-refractivity contribution in [3.8, 4) is 11.4 Å². The SMILES string of the molecule is Cc1ccc(NC(=O)Cc2c(C)nc3nc(-c4ccccc4C)nn3c2C)cc1C. The van der Waals surface area contributed by atoms with E-state index in [1.165, 1.54) is 5.56 Å². The normalized spacial score (nSPS) is 11.1. The molecule has 1 N–H and O–H groups in total. The summed E-state index contributed by atoms with van der Waals surface area (Å²) in [6.45, 7) is 9.99. The third-order valence-corrected chi connectivity index (χ3v) is 5.56. The average Bonchev–Trinajstić information content (AvgIpc) is 3.12. The molecule has 4 aromatic rings. The van der Waals surface area contributed by atoms with Gasteiger partial charge in [-0.1, -0.05) is 30.3 Å². The fourth-order valence-electron chi connectivity index (χ4n) is 3.59. The van der Waals surface area contributed by atoms with Crippen LogP contribution in [-0.4, -0.2) is 25.5 Å². The second-order valence-corrected chi connectivity index (χ2v) is 7.75. The van der Waals surface area contributed by atoms with Gasteiger partial charge in [0.05, 0.1) is 6.42 Å². The lowest BCUT2D eigenvalue weighted by Crippen LogP contribution is -2.18. The number of carbonyl (C=O) groups excluding carboxylic acids is 1. The highest BCUT2D eigenvalue weighted by atomic mass is 16.1. The highest BCUT2D eigenvalue weighted by molar-refractivity contribution is 5.92. The highest BCUT2D eigenvalue weighted by Gasteiger charge is 2.17. The van der Waals surface area contributed by atoms with E-state index in [1.54, 1.807) is 4.52 Å². The number of hydrogen-bond donors (Lipinski definition) is 1. The summed E-state index contributed by atoms with van der Waals surface area (Å²) in [5.74, 6) is 1.10. The zero-order chi connectivity index (χ0) is 21.4. The summed E-state index contributed by atoms with van der Waals surface area (Å²) in [5, 5.41) is 7.66. The number of carbonyl (C=O) groups is 1. The number of hydrogen-bond acceptors (Lipinski definition) is 4. The first kappa shape index (κ1) is 19.8. The van der Waals surface area contributed by atoms with Gasteiger partial charge in [0.25, 0.3) is 5.78 Å². The Hall–Kier alpha value is -3.54. The molecule has 2 aromatic heterocycles. The Balaban J connectivity index is 1.65. The van der Waals surface area contributed by atoms with Crippen LogP contribution < -0.4 is 5.32 Å². The second-order valence-electron chi connectivity index (χ2n) is 7.75. The van der Waals surface area contributed by atoms with Crippen LogP contribution in [0, 0.1) is 34.6 Å². The minimum absolute atomic E-state index is 0.0788. The number of aryl methyl sites for hydroxylation is 5. The Morgan fingerprint density at radius 2 is 1.70 bits per heavy atom. The standard InChI is InChI=1S/C24H25N5O/c1-14-10-11-19(12-16(14)3)26-22(30)13-21-17(4)25-24-27-23(28-29(24)18(21)5)20-9-7-6-8-15(20)2/h6-12H,13H2,1-5H3,(H,26,30). The van der Waals surface area contributed by atoms with Crippen molar-refractivity contribution in [2.24, 2.45) is 0 Å². The molecule has 0 atom stereocenters. The van der Waals surface area contributed by atoms with Crippen molar-refractivity contribution in [2.45, 2.75) is 41.0 Å². The van der Waals surface area contributed by atoms with Gasteiger partial charge in [0.2, 0.25) is 5.91 Å². The van der Waals surface area contributed by atoms with Gasteiger partial charge in [0.1, 0.15) is 0 Å². The van der Waals surface area contributed by atoms with Crippen molar-refractivity contribution in [3.63, 3.8) is 0 Å². The number of benzene rings is 2. The Morgan fingerprint density at radius 1 is 0.933 bits per heavy atom. The van der Waals surface area contributed by atoms with Gasteiger partial charge in [-0.25, -0.2) is 9.50 Å². The fourth-order valence-corrected chi connectivity index (χ4v) is 3.59. The van der Waals surface area contributed by atoms with Gasteiger partial charge in [0.15, 0.2) is 5.82 Å². The fraction of sp³-hybridized carbons (Fsp3) is 0.250. The Bertz CT molecular complexity index is 1270. The third kappa shape index (κ3) is 3.68. The van der Waals surface area contributed by atoms with Gasteiger partial charge in [0, 0.05) is 28.2 Å². The topological polar surface area (TPSA) is 72.2 Å². The molecule has 1 amide bonds. The zero-order valence-corrected chi connectivity index (χ0v) is 17.9. The van der Waals surface area contributed by atoms with E-state index < -0.39 is 0 Å². The van der Waals surface area contributed by atoms with E-state index in [0.29, 0.717) is 11.6 Å². The molecule has 0 aliphatic carbocycles. The molecule has 2 aromatic carbocycles. The predicted molar refractivity (Wildman–Crippen MR) is 119 cm³/mol. The molecule has 0 aliphatic heterocycles. The van der Waals surface area contributed by atoms with Crippen LogP contribution in [0.5, 0.6) is 0 Å². The number of nitrogens with one attached hydrogen (secondary N) is 1. The van der Waals surface area contributed by atoms with Crippen molar-refractivity contribution >= 4 is 17.4 Å². The Labute approximate surface area is 176 Å². The third-order valence-electron chi connectivity index (χ3n) is 5.56. The number of rotatable bonds is 4. The van der Waals surface area contributed by atoms with Crippen LogP contribution in [0.2, 0.25) is 0 Å². The van der Waals surface area contributed by atoms with E-state index in [4.69, 9.17) is 0 Å². The summed E-state index contributed by atoms with van der Waals surface area (Å²) in [7, 11) is 0. The molecule has 6 heteroatoms. The largest absolute Gasteiger partial charge is 0.326 e. The van der Waals surface area contributed by atoms with Crippen LogP contribution >= 0.6 is 0 Å². The Morgan fingerprint density at radius 3 is 2.43 bits per heavy atom. The monoisotopic (exact) mass is 399 g/mol. The molecule has 30 heavy (non-hydrogen) atoms. The van der Waals surface area contributed by atoms with Crippen LogP contribution in [0.1, 0.15) is 33.6 Å². The first-order chi connectivity index (χ1) is 14.3. The maximum atomic E-state index is 12.7. The van der Waals surface area contributed by atoms with Crippen LogP contribution in [0.3, 0.4) is 0 Å². The van der Waals surface area contributed by atoms with Crippen molar-refractivity contribution in [1.82, 2.24) is 19.6 Å². The first-order valence-corrected chi connectivity index (χ1v) is 9.99. The van der Waals surface area contributed by atoms with Gasteiger partial charge >= 0.3 is 0 Å². The number of nitrogens with zero attached hydrogens (tertiary/aromatic N) is 4. The quantitative estimate of drug-likeness (QED) is 0.548. The summed E-state index contributed by atoms with van der Waals surface area (Å²) in [6.07, 6.45) is 0.229. The van der Waals surface area contributed by atoms with E-state index in [9.17, 15) is 4.79 Å². The minimum atomic E-state index is -0.0788. The minimum Gasteiger partial charge on any atom is -0.326 e. The number of anilines is 1. The van der Waals surface area contributed by atoms with Gasteiger partial charge < -0.3 is 5.32 Å². The van der Waals surface area contributed by atoms with Crippen LogP contribution in [0.15, 0.2) is 42.5 Å². The van der Waals surface area contributed by atoms with Crippen molar-refractivity contribution in [2.75, 3.05) is 5.32 Å². The number of aromatic nitrogens is 4. The van der Waals surface area contributed by atoms with Crippen LogP contribution in [0.25, 0.3) is 17.2 Å². The van der Waals surface area contributed by atoms with Crippen molar-refractivity contribution < 1.29 is 4.79 Å². The Kier molecular flexibility index (Phi) is 5.08. The summed E-state index contributed by atoms with van der Waals surface area (Å²) in [4.78, 5) is 21.9. The van der Waals surface area contributed by atoms with Crippen molar-refractivity contribution in [3.05, 3.63) is 76.1 Å². The lowest BCUT2D eigenvalue weighted by Gasteiger charge is -2.11. The molecule has 4 rings (SSSR count). The van der Waals surface area contributed by atoms with Gasteiger partial charge in [-0.3, -0.25) is 4.79 Å². The van der Waals surface area contributed by atoms with E-state index >= 15 is 0 Å². The highest BCUT2D eigenvalue weighted by Crippen LogP contribution is 2.22. The lowest BCUT2D eigenvalue weighted by molar-refractivity contribution is -0.115. The molecule has 0 bridgehead atoms. The number of fused-ring (bicyclic) bond motifs is 1. The number of amides is 1. The average molecular weight is 399 g/mol. The summed E-state index contributed by atoms with van der Waals surface area (Å²) >= 11 is 0. The molecule has 0 unspecified atom stereocenters.